The van der Waals surface area contributed by atoms with Crippen LogP contribution >= 0.6 is 11.6 Å². The highest BCUT2D eigenvalue weighted by Gasteiger charge is 2.39. The molecule has 26 heavy (non-hydrogen) atoms. The summed E-state index contributed by atoms with van der Waals surface area (Å²) in [4.78, 5) is 14.9. The minimum absolute atomic E-state index is 0.0909. The van der Waals surface area contributed by atoms with Crippen molar-refractivity contribution in [2.45, 2.75) is 39.4 Å². The zero-order valence-electron chi connectivity index (χ0n) is 15.2. The van der Waals surface area contributed by atoms with E-state index >= 15 is 0 Å². The van der Waals surface area contributed by atoms with Crippen molar-refractivity contribution in [3.63, 3.8) is 0 Å². The van der Waals surface area contributed by atoms with Gasteiger partial charge in [0.1, 0.15) is 5.82 Å². The Bertz CT molecular complexity index is 801. The highest BCUT2D eigenvalue weighted by atomic mass is 35.5. The fourth-order valence-electron chi connectivity index (χ4n) is 4.09. The molecule has 0 bridgehead atoms. The van der Waals surface area contributed by atoms with Crippen LogP contribution in [0.5, 0.6) is 0 Å². The zero-order chi connectivity index (χ0) is 18.3. The third kappa shape index (κ3) is 3.48. The summed E-state index contributed by atoms with van der Waals surface area (Å²) in [6.45, 7) is 7.76. The Balaban J connectivity index is 1.44. The van der Waals surface area contributed by atoms with Crippen molar-refractivity contribution in [2.75, 3.05) is 13.1 Å². The van der Waals surface area contributed by atoms with Crippen LogP contribution in [0.3, 0.4) is 0 Å². The van der Waals surface area contributed by atoms with Crippen molar-refractivity contribution in [3.05, 3.63) is 46.5 Å². The number of likely N-dealkylation sites (tertiary alicyclic amines) is 1. The Morgan fingerprint density at radius 2 is 1.92 bits per heavy atom. The normalized spacial score (nSPS) is 22.3. The molecular weight excluding hydrogens is 350 g/mol. The third-order valence-electron chi connectivity index (χ3n) is 5.28. The van der Waals surface area contributed by atoms with E-state index in [-0.39, 0.29) is 11.9 Å². The number of nitrogens with one attached hydrogen (secondary N) is 1. The molecule has 0 spiro atoms. The molecular formula is C19H24ClN5O. The molecule has 7 heteroatoms. The van der Waals surface area contributed by atoms with Gasteiger partial charge < -0.3 is 9.88 Å². The van der Waals surface area contributed by atoms with Gasteiger partial charge >= 0.3 is 0 Å². The van der Waals surface area contributed by atoms with Crippen LogP contribution < -0.4 is 5.32 Å². The summed E-state index contributed by atoms with van der Waals surface area (Å²) in [6.07, 6.45) is 0.893. The van der Waals surface area contributed by atoms with Crippen molar-refractivity contribution in [3.8, 4) is 0 Å². The molecule has 3 heterocycles. The first-order valence-electron chi connectivity index (χ1n) is 9.19. The summed E-state index contributed by atoms with van der Waals surface area (Å²) < 4.78 is 2.02. The number of halogens is 1. The van der Waals surface area contributed by atoms with Crippen LogP contribution in [0.25, 0.3) is 0 Å². The third-order valence-corrected chi connectivity index (χ3v) is 5.54. The van der Waals surface area contributed by atoms with E-state index in [1.807, 2.05) is 30.5 Å². The van der Waals surface area contributed by atoms with E-state index in [0.29, 0.717) is 17.7 Å². The second-order valence-electron chi connectivity index (χ2n) is 7.72. The molecule has 0 aliphatic carbocycles. The van der Waals surface area contributed by atoms with Crippen LogP contribution in [0.2, 0.25) is 5.02 Å². The lowest BCUT2D eigenvalue weighted by atomic mass is 9.89. The van der Waals surface area contributed by atoms with Gasteiger partial charge in [-0.3, -0.25) is 9.69 Å². The average Bonchev–Trinajstić information content (AvgIpc) is 3.16. The van der Waals surface area contributed by atoms with Crippen LogP contribution in [0.15, 0.2) is 24.3 Å². The summed E-state index contributed by atoms with van der Waals surface area (Å²) in [5, 5.41) is 12.1. The number of aromatic nitrogens is 3. The van der Waals surface area contributed by atoms with Gasteiger partial charge in [0.05, 0.1) is 0 Å². The lowest BCUT2D eigenvalue weighted by Gasteiger charge is -2.25. The van der Waals surface area contributed by atoms with Gasteiger partial charge in [-0.15, -0.1) is 10.2 Å². The molecule has 138 valence electrons. The second kappa shape index (κ2) is 7.00. The topological polar surface area (TPSA) is 63.1 Å². The van der Waals surface area contributed by atoms with Crippen molar-refractivity contribution in [1.82, 2.24) is 25.0 Å². The molecule has 2 unspecified atom stereocenters. The number of fused-ring (bicyclic) bond motifs is 2. The molecule has 2 aliphatic rings. The Hall–Kier alpha value is -1.92. The predicted octanol–water partition coefficient (Wildman–Crippen LogP) is 2.37. The predicted molar refractivity (Wildman–Crippen MR) is 100 cm³/mol. The van der Waals surface area contributed by atoms with Crippen LogP contribution in [0.4, 0.5) is 0 Å². The minimum Gasteiger partial charge on any atom is -0.347 e. The van der Waals surface area contributed by atoms with Crippen molar-refractivity contribution >= 4 is 17.5 Å². The standard InChI is InChI=1S/C19H24ClN5O/c1-12(2)21-19(26)18-23-22-17-7-14-9-24(10-15(14)11-25(17)18)8-13-3-5-16(20)6-4-13/h3-6,12,14-15H,7-11H2,1-2H3,(H,21,26). The largest absolute Gasteiger partial charge is 0.347 e. The highest BCUT2D eigenvalue weighted by Crippen LogP contribution is 2.33. The Kier molecular flexibility index (Phi) is 4.71. The van der Waals surface area contributed by atoms with E-state index in [1.54, 1.807) is 0 Å². The van der Waals surface area contributed by atoms with Crippen molar-refractivity contribution in [1.29, 1.82) is 0 Å². The highest BCUT2D eigenvalue weighted by molar-refractivity contribution is 6.30. The molecule has 1 aromatic heterocycles. The van der Waals surface area contributed by atoms with Gasteiger partial charge in [-0.2, -0.15) is 0 Å². The van der Waals surface area contributed by atoms with Gasteiger partial charge in [-0.1, -0.05) is 23.7 Å². The molecule has 2 aliphatic heterocycles. The smallest absolute Gasteiger partial charge is 0.289 e. The van der Waals surface area contributed by atoms with Gasteiger partial charge in [0.25, 0.3) is 5.91 Å². The molecule has 2 aromatic rings. The lowest BCUT2D eigenvalue weighted by molar-refractivity contribution is 0.0924. The molecule has 0 saturated carbocycles. The fourth-order valence-corrected chi connectivity index (χ4v) is 4.22. The molecule has 1 amide bonds. The molecule has 1 N–H and O–H groups in total. The molecule has 1 saturated heterocycles. The maximum absolute atomic E-state index is 12.4. The summed E-state index contributed by atoms with van der Waals surface area (Å²) in [5.74, 6) is 2.38. The maximum atomic E-state index is 12.4. The zero-order valence-corrected chi connectivity index (χ0v) is 15.9. The molecule has 0 radical (unpaired) electrons. The molecule has 1 fully saturated rings. The Labute approximate surface area is 158 Å². The Morgan fingerprint density at radius 1 is 1.19 bits per heavy atom. The van der Waals surface area contributed by atoms with E-state index in [1.165, 1.54) is 5.56 Å². The number of rotatable bonds is 4. The van der Waals surface area contributed by atoms with Crippen molar-refractivity contribution < 1.29 is 4.79 Å². The SMILES string of the molecule is CC(C)NC(=O)c1nnc2n1CC1CN(Cc3ccc(Cl)cc3)CC1C2. The maximum Gasteiger partial charge on any atom is 0.289 e. The number of benzene rings is 1. The van der Waals surface area contributed by atoms with E-state index in [2.05, 4.69) is 32.5 Å². The van der Waals surface area contributed by atoms with E-state index in [9.17, 15) is 4.79 Å². The van der Waals surface area contributed by atoms with Gasteiger partial charge in [-0.05, 0) is 43.4 Å². The average molecular weight is 374 g/mol. The molecule has 4 rings (SSSR count). The lowest BCUT2D eigenvalue weighted by Crippen LogP contribution is -2.35. The van der Waals surface area contributed by atoms with Crippen molar-refractivity contribution in [2.24, 2.45) is 11.8 Å². The fraction of sp³-hybridized carbons (Fsp3) is 0.526. The number of carbonyl (C=O) groups is 1. The first-order chi connectivity index (χ1) is 12.5. The van der Waals surface area contributed by atoms with Crippen LogP contribution in [-0.4, -0.2) is 44.7 Å². The van der Waals surface area contributed by atoms with E-state index in [0.717, 1.165) is 43.4 Å². The molecule has 6 nitrogen and oxygen atoms in total. The first-order valence-corrected chi connectivity index (χ1v) is 9.57. The monoisotopic (exact) mass is 373 g/mol. The van der Waals surface area contributed by atoms with Crippen LogP contribution in [-0.2, 0) is 19.5 Å². The number of hydrogen-bond donors (Lipinski definition) is 1. The molecule has 1 aromatic carbocycles. The summed E-state index contributed by atoms with van der Waals surface area (Å²) in [7, 11) is 0. The number of amides is 1. The van der Waals surface area contributed by atoms with Gasteiger partial charge in [0.2, 0.25) is 5.82 Å². The summed E-state index contributed by atoms with van der Waals surface area (Å²) >= 11 is 5.98. The van der Waals surface area contributed by atoms with E-state index < -0.39 is 0 Å². The van der Waals surface area contributed by atoms with E-state index in [4.69, 9.17) is 11.6 Å². The summed E-state index contributed by atoms with van der Waals surface area (Å²) in [6, 6.07) is 8.16. The quantitative estimate of drug-likeness (QED) is 0.893. The second-order valence-corrected chi connectivity index (χ2v) is 8.16. The number of nitrogens with zero attached hydrogens (tertiary/aromatic N) is 4. The first kappa shape index (κ1) is 17.5. The number of hydrogen-bond acceptors (Lipinski definition) is 4. The Morgan fingerprint density at radius 3 is 2.65 bits per heavy atom. The van der Waals surface area contributed by atoms with Crippen LogP contribution in [0, 0.1) is 11.8 Å². The van der Waals surface area contributed by atoms with Gasteiger partial charge in [0, 0.05) is 43.7 Å². The van der Waals surface area contributed by atoms with Gasteiger partial charge in [-0.25, -0.2) is 0 Å². The van der Waals surface area contributed by atoms with Gasteiger partial charge in [0.15, 0.2) is 0 Å². The summed E-state index contributed by atoms with van der Waals surface area (Å²) in [5.41, 5.74) is 1.28. The molecule has 2 atom stereocenters. The minimum atomic E-state index is -0.131. The van der Waals surface area contributed by atoms with Crippen LogP contribution in [0.1, 0.15) is 35.9 Å². The number of carbonyl (C=O) groups excluding carboxylic acids is 1.